The van der Waals surface area contributed by atoms with Crippen molar-refractivity contribution in [2.75, 3.05) is 44.9 Å². The summed E-state index contributed by atoms with van der Waals surface area (Å²) in [5.74, 6) is 1.68. The van der Waals surface area contributed by atoms with Crippen molar-refractivity contribution in [2.45, 2.75) is 0 Å². The summed E-state index contributed by atoms with van der Waals surface area (Å²) in [5, 5.41) is 0. The van der Waals surface area contributed by atoms with Crippen molar-refractivity contribution in [3.05, 3.63) is 0 Å². The van der Waals surface area contributed by atoms with Crippen molar-refractivity contribution in [1.82, 2.24) is 0 Å². The van der Waals surface area contributed by atoms with Gasteiger partial charge in [0.15, 0.2) is 0 Å². The van der Waals surface area contributed by atoms with Crippen molar-refractivity contribution in [3.63, 3.8) is 0 Å². The fraction of sp³-hybridized carbons (Fsp3) is 1.00. The summed E-state index contributed by atoms with van der Waals surface area (Å²) >= 11 is 0. The first-order chi connectivity index (χ1) is 3.91. The third-order valence-corrected chi connectivity index (χ3v) is 13.8. The van der Waals surface area contributed by atoms with Gasteiger partial charge in [0.05, 0.1) is 0 Å². The Labute approximate surface area is 60.1 Å². The molecule has 0 aliphatic carbocycles. The SMILES string of the molecule is C[PH]1(C)CC[PH](C)(C)C1. The van der Waals surface area contributed by atoms with Gasteiger partial charge in [-0.2, -0.15) is 0 Å². The van der Waals surface area contributed by atoms with Crippen LogP contribution in [0.3, 0.4) is 0 Å². The second kappa shape index (κ2) is 2.18. The Morgan fingerprint density at radius 3 is 1.22 bits per heavy atom. The third kappa shape index (κ3) is 2.17. The zero-order valence-electron chi connectivity index (χ0n) is 7.12. The quantitative estimate of drug-likeness (QED) is 0.483. The van der Waals surface area contributed by atoms with Crippen molar-refractivity contribution in [1.29, 1.82) is 0 Å². The third-order valence-electron chi connectivity index (χ3n) is 2.44. The molecule has 0 aromatic heterocycles. The second-order valence-corrected chi connectivity index (χ2v) is 16.1. The molecule has 0 nitrogen and oxygen atoms in total. The summed E-state index contributed by atoms with van der Waals surface area (Å²) in [5.41, 5.74) is 0. The molecule has 0 saturated carbocycles. The Balaban J connectivity index is 2.58. The van der Waals surface area contributed by atoms with Crippen LogP contribution in [0.4, 0.5) is 0 Å². The number of hydrogen-bond acceptors (Lipinski definition) is 0. The van der Waals surface area contributed by atoms with E-state index in [1.165, 1.54) is 0 Å². The monoisotopic (exact) mass is 166 g/mol. The molecule has 9 heavy (non-hydrogen) atoms. The van der Waals surface area contributed by atoms with Gasteiger partial charge < -0.3 is 0 Å². The van der Waals surface area contributed by atoms with Crippen LogP contribution in [0.25, 0.3) is 0 Å². The molecule has 1 rings (SSSR count). The maximum atomic E-state index is 2.55. The van der Waals surface area contributed by atoms with Crippen molar-refractivity contribution >= 4 is 14.5 Å². The van der Waals surface area contributed by atoms with Crippen LogP contribution in [-0.4, -0.2) is 44.9 Å². The molecule has 0 atom stereocenters. The van der Waals surface area contributed by atoms with Crippen molar-refractivity contribution in [3.8, 4) is 0 Å². The van der Waals surface area contributed by atoms with Gasteiger partial charge in [0.25, 0.3) is 0 Å². The summed E-state index contributed by atoms with van der Waals surface area (Å²) in [6.45, 7) is 10.2. The van der Waals surface area contributed by atoms with E-state index in [0.29, 0.717) is 0 Å². The molecule has 0 unspecified atom stereocenters. The molecule has 2 heteroatoms. The van der Waals surface area contributed by atoms with Crippen LogP contribution in [0, 0.1) is 0 Å². The van der Waals surface area contributed by atoms with Crippen LogP contribution in [0.15, 0.2) is 0 Å². The van der Waals surface area contributed by atoms with Gasteiger partial charge in [0.2, 0.25) is 0 Å². The first kappa shape index (κ1) is 7.96. The van der Waals surface area contributed by atoms with Gasteiger partial charge >= 0.3 is 59.4 Å². The van der Waals surface area contributed by atoms with Gasteiger partial charge in [0.1, 0.15) is 0 Å². The average molecular weight is 166 g/mol. The van der Waals surface area contributed by atoms with Crippen molar-refractivity contribution < 1.29 is 0 Å². The predicted octanol–water partition coefficient (Wildman–Crippen LogP) is 1.98. The predicted molar refractivity (Wildman–Crippen MR) is 54.9 cm³/mol. The van der Waals surface area contributed by atoms with Gasteiger partial charge in [-0.3, -0.25) is 0 Å². The van der Waals surface area contributed by atoms with Gasteiger partial charge in [-0.15, -0.1) is 0 Å². The normalized spacial score (nSPS) is 37.8. The molecule has 0 aromatic carbocycles. The zero-order valence-corrected chi connectivity index (χ0v) is 9.12. The molecule has 1 fully saturated rings. The minimum atomic E-state index is -0.614. The fourth-order valence-corrected chi connectivity index (χ4v) is 19.3. The first-order valence-electron chi connectivity index (χ1n) is 3.91. The van der Waals surface area contributed by atoms with Crippen molar-refractivity contribution in [2.24, 2.45) is 0 Å². The Bertz CT molecular complexity index is 102. The Morgan fingerprint density at radius 1 is 0.778 bits per heavy atom. The Hall–Kier alpha value is 0.860. The van der Waals surface area contributed by atoms with E-state index < -0.39 is 14.5 Å². The topological polar surface area (TPSA) is 0 Å². The molecule has 1 saturated heterocycles. The van der Waals surface area contributed by atoms with Gasteiger partial charge in [-0.1, -0.05) is 0 Å². The molecule has 1 aliphatic heterocycles. The van der Waals surface area contributed by atoms with Crippen LogP contribution in [0.5, 0.6) is 0 Å². The molecule has 0 radical (unpaired) electrons. The summed E-state index contributed by atoms with van der Waals surface area (Å²) in [6.07, 6.45) is 3.23. The Morgan fingerprint density at radius 2 is 1.11 bits per heavy atom. The standard InChI is InChI=1S/C7H20P2/c1-8(2)5-6-9(3,4)7-8/h8-9H,5-7H2,1-4H3. The van der Waals surface area contributed by atoms with E-state index in [-0.39, 0.29) is 0 Å². The van der Waals surface area contributed by atoms with E-state index in [1.54, 1.807) is 18.2 Å². The van der Waals surface area contributed by atoms with E-state index in [2.05, 4.69) is 26.7 Å². The molecule has 0 spiro atoms. The average Bonchev–Trinajstić information content (AvgIpc) is 1.78. The number of hydrogen-bond donors (Lipinski definition) is 0. The van der Waals surface area contributed by atoms with E-state index in [9.17, 15) is 0 Å². The van der Waals surface area contributed by atoms with Crippen LogP contribution in [0.2, 0.25) is 0 Å². The molecule has 1 heterocycles. The fourth-order valence-electron chi connectivity index (χ4n) is 2.15. The number of rotatable bonds is 0. The Kier molecular flexibility index (Phi) is 1.92. The van der Waals surface area contributed by atoms with Crippen LogP contribution >= 0.6 is 14.5 Å². The van der Waals surface area contributed by atoms with Gasteiger partial charge in [-0.05, 0) is 0 Å². The zero-order chi connectivity index (χ0) is 7.12. The minimum absolute atomic E-state index is 0.614. The maximum absolute atomic E-state index is 2.55. The van der Waals surface area contributed by atoms with E-state index in [4.69, 9.17) is 0 Å². The van der Waals surface area contributed by atoms with Gasteiger partial charge in [0, 0.05) is 0 Å². The van der Waals surface area contributed by atoms with E-state index >= 15 is 0 Å². The molecule has 58 valence electrons. The van der Waals surface area contributed by atoms with Gasteiger partial charge in [-0.25, -0.2) is 0 Å². The van der Waals surface area contributed by atoms with Crippen LogP contribution < -0.4 is 0 Å². The molecule has 0 aromatic rings. The summed E-state index contributed by atoms with van der Waals surface area (Å²) in [7, 11) is -1.23. The second-order valence-electron chi connectivity index (χ2n) is 5.01. The summed E-state index contributed by atoms with van der Waals surface area (Å²) < 4.78 is 0. The van der Waals surface area contributed by atoms with E-state index in [1.807, 2.05) is 0 Å². The molecular weight excluding hydrogens is 146 g/mol. The summed E-state index contributed by atoms with van der Waals surface area (Å²) in [4.78, 5) is 0. The van der Waals surface area contributed by atoms with Crippen LogP contribution in [-0.2, 0) is 0 Å². The molecule has 0 N–H and O–H groups in total. The van der Waals surface area contributed by atoms with Crippen LogP contribution in [0.1, 0.15) is 0 Å². The molecule has 0 bridgehead atoms. The molecule has 0 amide bonds. The first-order valence-corrected chi connectivity index (χ1v) is 10.7. The summed E-state index contributed by atoms with van der Waals surface area (Å²) in [6, 6.07) is 0. The molecule has 1 aliphatic rings. The van der Waals surface area contributed by atoms with E-state index in [0.717, 1.165) is 0 Å². The molecular formula is C7H20P2.